The summed E-state index contributed by atoms with van der Waals surface area (Å²) in [6, 6.07) is 10.2. The molecule has 0 atom stereocenters. The summed E-state index contributed by atoms with van der Waals surface area (Å²) >= 11 is 0. The second-order valence-electron chi connectivity index (χ2n) is 8.52. The summed E-state index contributed by atoms with van der Waals surface area (Å²) in [6.07, 6.45) is 13.5. The number of aryl methyl sites for hydroxylation is 1. The predicted molar refractivity (Wildman–Crippen MR) is 135 cm³/mol. The average Bonchev–Trinajstić information content (AvgIpc) is 3.53. The Hall–Kier alpha value is -4.59. The normalized spacial score (nSPS) is 12.9. The number of H-pyrrole nitrogens is 2. The fourth-order valence-electron chi connectivity index (χ4n) is 4.52. The van der Waals surface area contributed by atoms with Crippen molar-refractivity contribution < 1.29 is 4.79 Å². The highest BCUT2D eigenvalue weighted by Gasteiger charge is 2.20. The zero-order valence-electron chi connectivity index (χ0n) is 19.2. The van der Waals surface area contributed by atoms with Gasteiger partial charge in [-0.1, -0.05) is 13.0 Å². The number of carbonyl (C=O) groups excluding carboxylic acids is 1. The number of amides is 1. The molecule has 0 spiro atoms. The molecule has 0 radical (unpaired) electrons. The Bertz CT molecular complexity index is 1580. The van der Waals surface area contributed by atoms with Crippen LogP contribution in [-0.2, 0) is 11.2 Å². The molecule has 5 heterocycles. The van der Waals surface area contributed by atoms with E-state index in [2.05, 4.69) is 53.7 Å². The van der Waals surface area contributed by atoms with Gasteiger partial charge in [0.25, 0.3) is 0 Å². The minimum Gasteiger partial charge on any atom is -0.357 e. The van der Waals surface area contributed by atoms with E-state index in [0.717, 1.165) is 46.3 Å². The number of rotatable bonds is 5. The van der Waals surface area contributed by atoms with Crippen LogP contribution in [0.3, 0.4) is 0 Å². The summed E-state index contributed by atoms with van der Waals surface area (Å²) in [5.74, 6) is -0.0504. The summed E-state index contributed by atoms with van der Waals surface area (Å²) in [6.45, 7) is 1.82. The molecule has 172 valence electrons. The van der Waals surface area contributed by atoms with Crippen molar-refractivity contribution in [3.8, 4) is 22.5 Å². The molecule has 0 unspecified atom stereocenters. The Balaban J connectivity index is 1.39. The Kier molecular flexibility index (Phi) is 5.18. The molecule has 0 aromatic carbocycles. The van der Waals surface area contributed by atoms with Crippen LogP contribution in [0.15, 0.2) is 67.4 Å². The molecule has 0 saturated carbocycles. The van der Waals surface area contributed by atoms with Crippen LogP contribution in [0.4, 0.5) is 5.69 Å². The monoisotopic (exact) mass is 461 g/mol. The molecule has 1 aliphatic carbocycles. The van der Waals surface area contributed by atoms with Crippen LogP contribution in [0.25, 0.3) is 39.1 Å². The fourth-order valence-corrected chi connectivity index (χ4v) is 4.52. The summed E-state index contributed by atoms with van der Waals surface area (Å²) in [5.41, 5.74) is 9.68. The fraction of sp³-hybridized carbons (Fsp3) is 0.148. The number of hydrogen-bond acceptors (Lipinski definition) is 5. The van der Waals surface area contributed by atoms with Gasteiger partial charge in [-0.3, -0.25) is 19.9 Å². The SMILES string of the molecule is CCC(=O)Nc1cncc(-c2cnc3[nH]nc(-c4cc5c([nH]4)CCC=C5c4ccncc4)c3c2)c1. The Morgan fingerprint density at radius 1 is 1.03 bits per heavy atom. The zero-order valence-corrected chi connectivity index (χ0v) is 19.2. The molecule has 35 heavy (non-hydrogen) atoms. The minimum absolute atomic E-state index is 0.0504. The third kappa shape index (κ3) is 3.89. The molecule has 0 fully saturated rings. The van der Waals surface area contributed by atoms with Crippen molar-refractivity contribution in [2.75, 3.05) is 5.32 Å². The lowest BCUT2D eigenvalue weighted by Gasteiger charge is -2.13. The first-order valence-corrected chi connectivity index (χ1v) is 11.6. The van der Waals surface area contributed by atoms with Gasteiger partial charge in [-0.2, -0.15) is 5.10 Å². The molecule has 8 heteroatoms. The van der Waals surface area contributed by atoms with Gasteiger partial charge in [0, 0.05) is 59.0 Å². The Morgan fingerprint density at radius 3 is 2.74 bits per heavy atom. The second kappa shape index (κ2) is 8.64. The molecule has 0 aliphatic heterocycles. The maximum Gasteiger partial charge on any atom is 0.224 e. The van der Waals surface area contributed by atoms with Crippen molar-refractivity contribution in [3.63, 3.8) is 0 Å². The van der Waals surface area contributed by atoms with Gasteiger partial charge in [-0.25, -0.2) is 4.98 Å². The third-order valence-corrected chi connectivity index (χ3v) is 6.27. The third-order valence-electron chi connectivity index (χ3n) is 6.27. The van der Waals surface area contributed by atoms with Gasteiger partial charge in [-0.15, -0.1) is 0 Å². The molecule has 0 bridgehead atoms. The molecule has 5 aromatic heterocycles. The number of nitrogens with one attached hydrogen (secondary N) is 3. The average molecular weight is 462 g/mol. The number of pyridine rings is 3. The smallest absolute Gasteiger partial charge is 0.224 e. The van der Waals surface area contributed by atoms with Gasteiger partial charge in [0.2, 0.25) is 5.91 Å². The predicted octanol–water partition coefficient (Wildman–Crippen LogP) is 5.14. The molecule has 8 nitrogen and oxygen atoms in total. The first-order valence-electron chi connectivity index (χ1n) is 11.6. The highest BCUT2D eigenvalue weighted by Crippen LogP contribution is 2.36. The van der Waals surface area contributed by atoms with Crippen LogP contribution in [0, 0.1) is 0 Å². The second-order valence-corrected chi connectivity index (χ2v) is 8.52. The largest absolute Gasteiger partial charge is 0.357 e. The summed E-state index contributed by atoms with van der Waals surface area (Å²) in [7, 11) is 0. The van der Waals surface area contributed by atoms with Crippen LogP contribution in [0.2, 0.25) is 0 Å². The number of allylic oxidation sites excluding steroid dienone is 1. The maximum atomic E-state index is 11.8. The van der Waals surface area contributed by atoms with E-state index in [1.54, 1.807) is 18.6 Å². The summed E-state index contributed by atoms with van der Waals surface area (Å²) < 4.78 is 0. The standard InChI is InChI=1S/C27H23N7O/c1-2-25(35)31-19-10-17(13-29-15-19)18-11-22-26(33-34-27(22)30-14-18)24-12-21-20(4-3-5-23(21)32-24)16-6-8-28-9-7-16/h4,6-15,32H,2-3,5H2,1H3,(H,31,35)(H,30,33,34). The van der Waals surface area contributed by atoms with Crippen molar-refractivity contribution in [2.45, 2.75) is 26.2 Å². The van der Waals surface area contributed by atoms with Crippen LogP contribution in [0.1, 0.15) is 36.6 Å². The lowest BCUT2D eigenvalue weighted by atomic mass is 9.92. The van der Waals surface area contributed by atoms with E-state index in [0.29, 0.717) is 17.8 Å². The zero-order chi connectivity index (χ0) is 23.8. The van der Waals surface area contributed by atoms with E-state index in [1.807, 2.05) is 37.5 Å². The summed E-state index contributed by atoms with van der Waals surface area (Å²) in [5, 5.41) is 11.4. The first kappa shape index (κ1) is 21.0. The van der Waals surface area contributed by atoms with Crippen molar-refractivity contribution in [1.29, 1.82) is 0 Å². The number of hydrogen-bond donors (Lipinski definition) is 3. The van der Waals surface area contributed by atoms with E-state index in [9.17, 15) is 4.79 Å². The van der Waals surface area contributed by atoms with Crippen LogP contribution in [0.5, 0.6) is 0 Å². The van der Waals surface area contributed by atoms with Gasteiger partial charge in [0.05, 0.1) is 17.6 Å². The van der Waals surface area contributed by atoms with Gasteiger partial charge < -0.3 is 10.3 Å². The number of fused-ring (bicyclic) bond motifs is 2. The van der Waals surface area contributed by atoms with E-state index in [-0.39, 0.29) is 5.91 Å². The maximum absolute atomic E-state index is 11.8. The minimum atomic E-state index is -0.0504. The highest BCUT2D eigenvalue weighted by molar-refractivity contribution is 5.95. The number of carbonyl (C=O) groups is 1. The van der Waals surface area contributed by atoms with Crippen LogP contribution in [-0.4, -0.2) is 36.0 Å². The molecule has 1 amide bonds. The number of aromatic nitrogens is 6. The van der Waals surface area contributed by atoms with Crippen molar-refractivity contribution >= 4 is 28.2 Å². The van der Waals surface area contributed by atoms with Crippen LogP contribution >= 0.6 is 0 Å². The number of anilines is 1. The molecule has 3 N–H and O–H groups in total. The molecular formula is C27H23N7O. The van der Waals surface area contributed by atoms with E-state index >= 15 is 0 Å². The molecule has 5 aromatic rings. The number of nitrogens with zero attached hydrogens (tertiary/aromatic N) is 4. The Labute approximate surface area is 201 Å². The Morgan fingerprint density at radius 2 is 1.89 bits per heavy atom. The van der Waals surface area contributed by atoms with E-state index < -0.39 is 0 Å². The lowest BCUT2D eigenvalue weighted by Crippen LogP contribution is -2.09. The van der Waals surface area contributed by atoms with E-state index in [4.69, 9.17) is 0 Å². The molecular weight excluding hydrogens is 438 g/mol. The number of aromatic amines is 2. The van der Waals surface area contributed by atoms with Crippen molar-refractivity contribution in [3.05, 3.63) is 84.2 Å². The lowest BCUT2D eigenvalue weighted by molar-refractivity contribution is -0.115. The molecule has 1 aliphatic rings. The molecule has 0 saturated heterocycles. The van der Waals surface area contributed by atoms with E-state index in [1.165, 1.54) is 16.8 Å². The van der Waals surface area contributed by atoms with Gasteiger partial charge in [0.15, 0.2) is 5.65 Å². The van der Waals surface area contributed by atoms with Crippen LogP contribution < -0.4 is 5.32 Å². The van der Waals surface area contributed by atoms with Gasteiger partial charge in [0.1, 0.15) is 5.69 Å². The highest BCUT2D eigenvalue weighted by atomic mass is 16.1. The van der Waals surface area contributed by atoms with Crippen molar-refractivity contribution in [2.24, 2.45) is 0 Å². The van der Waals surface area contributed by atoms with Gasteiger partial charge >= 0.3 is 0 Å². The van der Waals surface area contributed by atoms with Crippen molar-refractivity contribution in [1.82, 2.24) is 30.1 Å². The quantitative estimate of drug-likeness (QED) is 0.336. The summed E-state index contributed by atoms with van der Waals surface area (Å²) in [4.78, 5) is 28.4. The topological polar surface area (TPSA) is 112 Å². The molecule has 6 rings (SSSR count). The first-order chi connectivity index (χ1) is 17.2. The van der Waals surface area contributed by atoms with Gasteiger partial charge in [-0.05, 0) is 54.3 Å².